The second-order valence-corrected chi connectivity index (χ2v) is 8.77. The number of nitrogens with zero attached hydrogens (tertiary/aromatic N) is 3. The van der Waals surface area contributed by atoms with Gasteiger partial charge >= 0.3 is 5.69 Å². The highest BCUT2D eigenvalue weighted by atomic mass is 32.2. The quantitative estimate of drug-likeness (QED) is 0.345. The molecule has 0 fully saturated rings. The third-order valence-electron chi connectivity index (χ3n) is 5.29. The number of nitrogens with two attached hydrogens (primary N) is 1. The summed E-state index contributed by atoms with van der Waals surface area (Å²) < 4.78 is 8.02. The van der Waals surface area contributed by atoms with Crippen molar-refractivity contribution in [3.05, 3.63) is 87.1 Å². The lowest BCUT2D eigenvalue weighted by Gasteiger charge is -2.13. The van der Waals surface area contributed by atoms with Crippen LogP contribution in [0.1, 0.15) is 17.3 Å². The number of carbonyl (C=O) groups is 1. The number of nitrogen functional groups attached to an aromatic ring is 1. The summed E-state index contributed by atoms with van der Waals surface area (Å²) in [5.41, 5.74) is 6.78. The Bertz CT molecular complexity index is 1380. The molecule has 0 saturated carbocycles. The molecule has 4 aromatic rings. The molecule has 0 saturated heterocycles. The SMILES string of the molecule is CC(Sc1nc(-c2ccccc2)c(-c2ccccc2)o1)C(=O)c1c(N)n(C)c(=O)n(C)c1=O. The molecule has 1 atom stereocenters. The average Bonchev–Trinajstić information content (AvgIpc) is 3.26. The van der Waals surface area contributed by atoms with Gasteiger partial charge in [-0.15, -0.1) is 0 Å². The smallest absolute Gasteiger partial charge is 0.332 e. The van der Waals surface area contributed by atoms with E-state index in [-0.39, 0.29) is 16.6 Å². The number of aromatic nitrogens is 3. The number of anilines is 1. The van der Waals surface area contributed by atoms with Gasteiger partial charge in [-0.1, -0.05) is 72.4 Å². The van der Waals surface area contributed by atoms with E-state index in [1.807, 2.05) is 60.7 Å². The first-order valence-electron chi connectivity index (χ1n) is 10.2. The number of ketones is 1. The molecule has 0 spiro atoms. The van der Waals surface area contributed by atoms with Crippen LogP contribution in [0.3, 0.4) is 0 Å². The van der Waals surface area contributed by atoms with Crippen molar-refractivity contribution in [3.63, 3.8) is 0 Å². The van der Waals surface area contributed by atoms with Gasteiger partial charge in [0.05, 0.1) is 5.25 Å². The van der Waals surface area contributed by atoms with Crippen LogP contribution in [0.2, 0.25) is 0 Å². The van der Waals surface area contributed by atoms with Crippen LogP contribution in [-0.2, 0) is 14.1 Å². The van der Waals surface area contributed by atoms with Crippen LogP contribution in [0.4, 0.5) is 5.82 Å². The molecular formula is C24H22N4O4S. The van der Waals surface area contributed by atoms with Crippen molar-refractivity contribution in [2.45, 2.75) is 17.4 Å². The van der Waals surface area contributed by atoms with Crippen molar-refractivity contribution in [1.82, 2.24) is 14.1 Å². The Labute approximate surface area is 193 Å². The molecular weight excluding hydrogens is 440 g/mol. The van der Waals surface area contributed by atoms with E-state index in [0.717, 1.165) is 32.0 Å². The van der Waals surface area contributed by atoms with Crippen molar-refractivity contribution in [2.24, 2.45) is 14.1 Å². The van der Waals surface area contributed by atoms with E-state index in [0.29, 0.717) is 11.5 Å². The molecule has 0 bridgehead atoms. The number of Topliss-reactive ketones (excluding diaryl/α,β-unsaturated/α-hetero) is 1. The van der Waals surface area contributed by atoms with Crippen LogP contribution in [0, 0.1) is 0 Å². The number of rotatable bonds is 6. The average molecular weight is 463 g/mol. The number of benzene rings is 2. The molecule has 168 valence electrons. The minimum absolute atomic E-state index is 0.164. The number of carbonyl (C=O) groups excluding carboxylic acids is 1. The monoisotopic (exact) mass is 462 g/mol. The highest BCUT2D eigenvalue weighted by Gasteiger charge is 2.27. The number of oxazole rings is 1. The summed E-state index contributed by atoms with van der Waals surface area (Å²) in [6.45, 7) is 1.64. The largest absolute Gasteiger partial charge is 0.431 e. The summed E-state index contributed by atoms with van der Waals surface area (Å²) >= 11 is 1.09. The standard InChI is InChI=1S/C24H22N4O4S/c1-14(19(29)17-21(25)27(2)24(31)28(3)22(17)30)33-23-26-18(15-10-6-4-7-11-15)20(32-23)16-12-8-5-9-13-16/h4-14H,25H2,1-3H3. The zero-order valence-electron chi connectivity index (χ0n) is 18.3. The van der Waals surface area contributed by atoms with Crippen molar-refractivity contribution < 1.29 is 9.21 Å². The third kappa shape index (κ3) is 4.14. The molecule has 4 rings (SSSR count). The van der Waals surface area contributed by atoms with E-state index in [1.54, 1.807) is 6.92 Å². The van der Waals surface area contributed by atoms with Gasteiger partial charge in [0, 0.05) is 25.2 Å². The zero-order chi connectivity index (χ0) is 23.7. The van der Waals surface area contributed by atoms with E-state index in [4.69, 9.17) is 10.2 Å². The first kappa shape index (κ1) is 22.3. The van der Waals surface area contributed by atoms with Gasteiger partial charge in [-0.2, -0.15) is 0 Å². The zero-order valence-corrected chi connectivity index (χ0v) is 19.1. The van der Waals surface area contributed by atoms with E-state index in [2.05, 4.69) is 4.98 Å². The fraction of sp³-hybridized carbons (Fsp3) is 0.167. The van der Waals surface area contributed by atoms with Crippen LogP contribution >= 0.6 is 11.8 Å². The first-order chi connectivity index (χ1) is 15.8. The second kappa shape index (κ2) is 8.95. The summed E-state index contributed by atoms with van der Waals surface area (Å²) in [5, 5.41) is -0.447. The summed E-state index contributed by atoms with van der Waals surface area (Å²) in [4.78, 5) is 42.4. The summed E-state index contributed by atoms with van der Waals surface area (Å²) in [7, 11) is 2.73. The minimum atomic E-state index is -0.733. The molecule has 9 heteroatoms. The maximum Gasteiger partial charge on any atom is 0.332 e. The summed E-state index contributed by atoms with van der Waals surface area (Å²) in [6, 6.07) is 19.2. The van der Waals surface area contributed by atoms with Crippen LogP contribution in [0.5, 0.6) is 0 Å². The summed E-state index contributed by atoms with van der Waals surface area (Å²) in [5.74, 6) is -0.0844. The molecule has 8 nitrogen and oxygen atoms in total. The Kier molecular flexibility index (Phi) is 6.06. The lowest BCUT2D eigenvalue weighted by atomic mass is 10.1. The number of hydrogen-bond donors (Lipinski definition) is 1. The van der Waals surface area contributed by atoms with Gasteiger partial charge in [0.15, 0.2) is 11.5 Å². The van der Waals surface area contributed by atoms with Crippen molar-refractivity contribution in [3.8, 4) is 22.6 Å². The Morgan fingerprint density at radius 3 is 2.15 bits per heavy atom. The lowest BCUT2D eigenvalue weighted by Crippen LogP contribution is -2.42. The molecule has 0 aliphatic carbocycles. The van der Waals surface area contributed by atoms with Gasteiger partial charge in [-0.25, -0.2) is 9.78 Å². The van der Waals surface area contributed by atoms with Gasteiger partial charge in [0.2, 0.25) is 0 Å². The van der Waals surface area contributed by atoms with E-state index in [9.17, 15) is 14.4 Å². The molecule has 0 aliphatic rings. The predicted octanol–water partition coefficient (Wildman–Crippen LogP) is 3.35. The second-order valence-electron chi connectivity index (χ2n) is 7.48. The fourth-order valence-electron chi connectivity index (χ4n) is 3.43. The predicted molar refractivity (Wildman–Crippen MR) is 128 cm³/mol. The van der Waals surface area contributed by atoms with Gasteiger partial charge in [0.1, 0.15) is 17.1 Å². The Balaban J connectivity index is 1.72. The topological polar surface area (TPSA) is 113 Å². The molecule has 33 heavy (non-hydrogen) atoms. The van der Waals surface area contributed by atoms with E-state index in [1.165, 1.54) is 14.1 Å². The number of thioether (sulfide) groups is 1. The highest BCUT2D eigenvalue weighted by Crippen LogP contribution is 2.37. The Morgan fingerprint density at radius 1 is 0.970 bits per heavy atom. The molecule has 1 unspecified atom stereocenters. The molecule has 2 heterocycles. The normalized spacial score (nSPS) is 12.0. The molecule has 0 aliphatic heterocycles. The fourth-order valence-corrected chi connectivity index (χ4v) is 4.23. The third-order valence-corrected chi connectivity index (χ3v) is 6.24. The molecule has 2 aromatic heterocycles. The van der Waals surface area contributed by atoms with Crippen LogP contribution in [0.15, 0.2) is 79.9 Å². The van der Waals surface area contributed by atoms with E-state index >= 15 is 0 Å². The first-order valence-corrected chi connectivity index (χ1v) is 11.1. The number of hydrogen-bond acceptors (Lipinski definition) is 7. The molecule has 2 aromatic carbocycles. The molecule has 0 amide bonds. The van der Waals surface area contributed by atoms with Gasteiger partial charge in [0.25, 0.3) is 10.8 Å². The lowest BCUT2D eigenvalue weighted by molar-refractivity contribution is 0.0991. The summed E-state index contributed by atoms with van der Waals surface area (Å²) in [6.07, 6.45) is 0. The molecule has 0 radical (unpaired) electrons. The van der Waals surface area contributed by atoms with Crippen molar-refractivity contribution >= 4 is 23.4 Å². The van der Waals surface area contributed by atoms with Gasteiger partial charge in [-0.3, -0.25) is 18.7 Å². The van der Waals surface area contributed by atoms with Crippen LogP contribution < -0.4 is 17.0 Å². The maximum atomic E-state index is 13.1. The van der Waals surface area contributed by atoms with Crippen molar-refractivity contribution in [1.29, 1.82) is 0 Å². The van der Waals surface area contributed by atoms with Gasteiger partial charge < -0.3 is 10.2 Å². The van der Waals surface area contributed by atoms with Crippen molar-refractivity contribution in [2.75, 3.05) is 5.73 Å². The van der Waals surface area contributed by atoms with Crippen LogP contribution in [-0.4, -0.2) is 25.2 Å². The highest BCUT2D eigenvalue weighted by molar-refractivity contribution is 8.00. The molecule has 2 N–H and O–H groups in total. The minimum Gasteiger partial charge on any atom is -0.431 e. The maximum absolute atomic E-state index is 13.1. The van der Waals surface area contributed by atoms with E-state index < -0.39 is 22.3 Å². The Hall–Kier alpha value is -3.85. The Morgan fingerprint density at radius 2 is 1.55 bits per heavy atom. The van der Waals surface area contributed by atoms with Crippen LogP contribution in [0.25, 0.3) is 22.6 Å². The van der Waals surface area contributed by atoms with Gasteiger partial charge in [-0.05, 0) is 6.92 Å².